The predicted octanol–water partition coefficient (Wildman–Crippen LogP) is 4.25. The molecule has 0 atom stereocenters. The lowest BCUT2D eigenvalue weighted by molar-refractivity contribution is 0.0958. The summed E-state index contributed by atoms with van der Waals surface area (Å²) in [5.41, 5.74) is 1.17. The number of benzene rings is 1. The fraction of sp³-hybridized carbons (Fsp3) is 0.214. The van der Waals surface area contributed by atoms with Crippen molar-refractivity contribution < 1.29 is 9.53 Å². The van der Waals surface area contributed by atoms with Gasteiger partial charge in [0.05, 0.1) is 15.8 Å². The molecule has 1 aromatic carbocycles. The van der Waals surface area contributed by atoms with Crippen LogP contribution in [0.5, 0.6) is 5.75 Å². The van der Waals surface area contributed by atoms with Gasteiger partial charge in [-0.3, -0.25) is 4.79 Å². The van der Waals surface area contributed by atoms with E-state index in [0.29, 0.717) is 11.4 Å². The third-order valence-electron chi connectivity index (χ3n) is 2.73. The second kappa shape index (κ2) is 7.24. The molecular weight excluding hydrogens is 406 g/mol. The maximum Gasteiger partial charge on any atom is 0.261 e. The molecule has 20 heavy (non-hydrogen) atoms. The quantitative estimate of drug-likeness (QED) is 0.787. The number of carbonyl (C=O) groups is 1. The Kier molecular flexibility index (Phi) is 5.63. The van der Waals surface area contributed by atoms with Crippen molar-refractivity contribution >= 4 is 49.1 Å². The number of ether oxygens (including phenoxy) is 1. The van der Waals surface area contributed by atoms with E-state index in [-0.39, 0.29) is 5.91 Å². The first kappa shape index (κ1) is 15.5. The lowest BCUT2D eigenvalue weighted by Gasteiger charge is -2.05. The Hall–Kier alpha value is -0.850. The van der Waals surface area contributed by atoms with E-state index in [1.54, 1.807) is 7.11 Å². The van der Waals surface area contributed by atoms with Gasteiger partial charge in [0.2, 0.25) is 0 Å². The van der Waals surface area contributed by atoms with Crippen LogP contribution in [0.25, 0.3) is 0 Å². The van der Waals surface area contributed by atoms with Gasteiger partial charge >= 0.3 is 0 Å². The van der Waals surface area contributed by atoms with Crippen molar-refractivity contribution in [3.05, 3.63) is 49.0 Å². The standard InChI is InChI=1S/C14H13Br2NO2S/c1-19-10-4-2-9(3-5-10)6-7-17-14(18)12-8-11(15)13(16)20-12/h2-5,8H,6-7H2,1H3,(H,17,18). The smallest absolute Gasteiger partial charge is 0.261 e. The number of amides is 1. The summed E-state index contributed by atoms with van der Waals surface area (Å²) in [4.78, 5) is 12.6. The Morgan fingerprint density at radius 3 is 2.55 bits per heavy atom. The van der Waals surface area contributed by atoms with Gasteiger partial charge in [0.25, 0.3) is 5.91 Å². The molecule has 1 amide bonds. The fourth-order valence-electron chi connectivity index (χ4n) is 1.66. The zero-order valence-corrected chi connectivity index (χ0v) is 14.8. The molecule has 0 aliphatic heterocycles. The van der Waals surface area contributed by atoms with Crippen LogP contribution in [0.1, 0.15) is 15.2 Å². The molecule has 1 heterocycles. The minimum Gasteiger partial charge on any atom is -0.497 e. The van der Waals surface area contributed by atoms with Crippen molar-refractivity contribution in [1.29, 1.82) is 0 Å². The molecule has 2 aromatic rings. The molecule has 0 aliphatic carbocycles. The summed E-state index contributed by atoms with van der Waals surface area (Å²) in [7, 11) is 1.65. The molecule has 0 saturated heterocycles. The first-order valence-electron chi connectivity index (χ1n) is 5.96. The number of hydrogen-bond donors (Lipinski definition) is 1. The molecule has 3 nitrogen and oxygen atoms in total. The van der Waals surface area contributed by atoms with Crippen molar-refractivity contribution in [3.8, 4) is 5.75 Å². The molecule has 1 N–H and O–H groups in total. The van der Waals surface area contributed by atoms with Gasteiger partial charge in [-0.15, -0.1) is 11.3 Å². The van der Waals surface area contributed by atoms with Gasteiger partial charge in [0, 0.05) is 11.0 Å². The maximum absolute atomic E-state index is 11.9. The molecule has 6 heteroatoms. The number of methoxy groups -OCH3 is 1. The van der Waals surface area contributed by atoms with Gasteiger partial charge in [0.1, 0.15) is 5.75 Å². The average molecular weight is 419 g/mol. The molecule has 0 fully saturated rings. The molecule has 1 aromatic heterocycles. The van der Waals surface area contributed by atoms with Crippen LogP contribution < -0.4 is 10.1 Å². The van der Waals surface area contributed by atoms with E-state index in [1.807, 2.05) is 30.3 Å². The lowest BCUT2D eigenvalue weighted by Crippen LogP contribution is -2.24. The van der Waals surface area contributed by atoms with E-state index in [4.69, 9.17) is 4.74 Å². The Balaban J connectivity index is 1.84. The summed E-state index contributed by atoms with van der Waals surface area (Å²) in [5.74, 6) is 0.793. The van der Waals surface area contributed by atoms with Crippen molar-refractivity contribution in [1.82, 2.24) is 5.32 Å². The molecule has 2 rings (SSSR count). The highest BCUT2D eigenvalue weighted by Gasteiger charge is 2.11. The van der Waals surface area contributed by atoms with Gasteiger partial charge < -0.3 is 10.1 Å². The van der Waals surface area contributed by atoms with Crippen LogP contribution in [0.4, 0.5) is 0 Å². The molecule has 0 unspecified atom stereocenters. The Labute approximate surface area is 138 Å². The molecule has 0 spiro atoms. The number of hydrogen-bond acceptors (Lipinski definition) is 3. The lowest BCUT2D eigenvalue weighted by atomic mass is 10.1. The maximum atomic E-state index is 11.9. The predicted molar refractivity (Wildman–Crippen MR) is 88.8 cm³/mol. The highest BCUT2D eigenvalue weighted by Crippen LogP contribution is 2.32. The monoisotopic (exact) mass is 417 g/mol. The van der Waals surface area contributed by atoms with E-state index in [1.165, 1.54) is 16.9 Å². The molecule has 0 bridgehead atoms. The van der Waals surface area contributed by atoms with E-state index in [9.17, 15) is 4.79 Å². The van der Waals surface area contributed by atoms with E-state index in [2.05, 4.69) is 37.2 Å². The topological polar surface area (TPSA) is 38.3 Å². The Morgan fingerprint density at radius 1 is 1.30 bits per heavy atom. The SMILES string of the molecule is COc1ccc(CCNC(=O)c2cc(Br)c(Br)s2)cc1. The summed E-state index contributed by atoms with van der Waals surface area (Å²) in [6.45, 7) is 0.609. The number of thiophene rings is 1. The van der Waals surface area contributed by atoms with E-state index >= 15 is 0 Å². The molecular formula is C14H13Br2NO2S. The minimum absolute atomic E-state index is 0.0464. The first-order valence-corrected chi connectivity index (χ1v) is 8.36. The van der Waals surface area contributed by atoms with Crippen LogP contribution in [0.2, 0.25) is 0 Å². The average Bonchev–Trinajstić information content (AvgIpc) is 2.79. The van der Waals surface area contributed by atoms with Crippen LogP contribution in [0, 0.1) is 0 Å². The van der Waals surface area contributed by atoms with E-state index in [0.717, 1.165) is 20.4 Å². The summed E-state index contributed by atoms with van der Waals surface area (Å²) in [6.07, 6.45) is 0.795. The Morgan fingerprint density at radius 2 is 2.00 bits per heavy atom. The van der Waals surface area contributed by atoms with Gasteiger partial charge in [-0.05, 0) is 62.0 Å². The van der Waals surface area contributed by atoms with Crippen LogP contribution in [0.15, 0.2) is 38.6 Å². The second-order valence-electron chi connectivity index (χ2n) is 4.09. The summed E-state index contributed by atoms with van der Waals surface area (Å²) < 4.78 is 6.94. The molecule has 106 valence electrons. The third-order valence-corrected chi connectivity index (χ3v) is 5.98. The van der Waals surface area contributed by atoms with E-state index < -0.39 is 0 Å². The first-order chi connectivity index (χ1) is 9.60. The normalized spacial score (nSPS) is 10.3. The number of carbonyl (C=O) groups excluding carboxylic acids is 1. The highest BCUT2D eigenvalue weighted by atomic mass is 79.9. The van der Waals surface area contributed by atoms with Crippen molar-refractivity contribution in [2.75, 3.05) is 13.7 Å². The molecule has 0 aliphatic rings. The van der Waals surface area contributed by atoms with Gasteiger partial charge in [-0.1, -0.05) is 12.1 Å². The van der Waals surface area contributed by atoms with Gasteiger partial charge in [0.15, 0.2) is 0 Å². The summed E-state index contributed by atoms with van der Waals surface area (Å²) in [5, 5.41) is 2.92. The van der Waals surface area contributed by atoms with Crippen molar-refractivity contribution in [2.24, 2.45) is 0 Å². The van der Waals surface area contributed by atoms with Crippen LogP contribution in [0.3, 0.4) is 0 Å². The largest absolute Gasteiger partial charge is 0.497 e. The number of rotatable bonds is 5. The van der Waals surface area contributed by atoms with Crippen molar-refractivity contribution in [2.45, 2.75) is 6.42 Å². The second-order valence-corrected chi connectivity index (χ2v) is 7.31. The number of halogens is 2. The van der Waals surface area contributed by atoms with Crippen LogP contribution in [-0.2, 0) is 6.42 Å². The van der Waals surface area contributed by atoms with Crippen molar-refractivity contribution in [3.63, 3.8) is 0 Å². The fourth-order valence-corrected chi connectivity index (χ4v) is 3.61. The van der Waals surface area contributed by atoms with Crippen LogP contribution in [-0.4, -0.2) is 19.6 Å². The van der Waals surface area contributed by atoms with Gasteiger partial charge in [-0.25, -0.2) is 0 Å². The zero-order valence-electron chi connectivity index (χ0n) is 10.8. The third kappa shape index (κ3) is 4.07. The van der Waals surface area contributed by atoms with Gasteiger partial charge in [-0.2, -0.15) is 0 Å². The minimum atomic E-state index is -0.0464. The highest BCUT2D eigenvalue weighted by molar-refractivity contribution is 9.13. The summed E-state index contributed by atoms with van der Waals surface area (Å²) >= 11 is 8.17. The Bertz CT molecular complexity index is 576. The molecule has 0 radical (unpaired) electrons. The number of nitrogens with one attached hydrogen (secondary N) is 1. The molecule has 0 saturated carbocycles. The van der Waals surface area contributed by atoms with Crippen LogP contribution >= 0.6 is 43.2 Å². The zero-order chi connectivity index (χ0) is 14.5. The summed E-state index contributed by atoms with van der Waals surface area (Å²) in [6, 6.07) is 9.67.